The highest BCUT2D eigenvalue weighted by molar-refractivity contribution is 7.89. The summed E-state index contributed by atoms with van der Waals surface area (Å²) in [6, 6.07) is 6.92. The Balaban J connectivity index is 2.77. The molecule has 0 aliphatic carbocycles. The Labute approximate surface area is 134 Å². The quantitative estimate of drug-likeness (QED) is 0.739. The number of hydrogen-bond donors (Lipinski definition) is 1. The summed E-state index contributed by atoms with van der Waals surface area (Å²) in [6.07, 6.45) is 0.748. The highest BCUT2D eigenvalue weighted by Crippen LogP contribution is 2.20. The van der Waals surface area contributed by atoms with Crippen molar-refractivity contribution in [2.75, 3.05) is 12.4 Å². The van der Waals surface area contributed by atoms with Crippen LogP contribution < -0.4 is 4.72 Å². The van der Waals surface area contributed by atoms with Crippen LogP contribution in [0.1, 0.15) is 33.3 Å². The van der Waals surface area contributed by atoms with Gasteiger partial charge in [0.1, 0.15) is 0 Å². The zero-order valence-electron chi connectivity index (χ0n) is 13.3. The van der Waals surface area contributed by atoms with Gasteiger partial charge < -0.3 is 0 Å². The van der Waals surface area contributed by atoms with E-state index in [0.717, 1.165) is 12.0 Å². The molecule has 0 spiro atoms. The minimum atomic E-state index is -3.44. The van der Waals surface area contributed by atoms with E-state index >= 15 is 0 Å². The highest BCUT2D eigenvalue weighted by Gasteiger charge is 2.21. The van der Waals surface area contributed by atoms with E-state index in [1.165, 1.54) is 0 Å². The van der Waals surface area contributed by atoms with E-state index in [-0.39, 0.29) is 0 Å². The van der Waals surface area contributed by atoms with Gasteiger partial charge in [-0.25, -0.2) is 13.1 Å². The Morgan fingerprint density at radius 1 is 1.05 bits per heavy atom. The van der Waals surface area contributed by atoms with Crippen molar-refractivity contribution in [1.29, 1.82) is 0 Å². The Bertz CT molecular complexity index is 516. The molecule has 1 rings (SSSR count). The summed E-state index contributed by atoms with van der Waals surface area (Å²) in [5.41, 5.74) is 1.05. The van der Waals surface area contributed by atoms with Crippen molar-refractivity contribution in [2.24, 2.45) is 17.8 Å². The number of halogens is 1. The largest absolute Gasteiger partial charge is 0.240 e. The van der Waals surface area contributed by atoms with Crippen LogP contribution in [0.3, 0.4) is 0 Å². The van der Waals surface area contributed by atoms with Crippen molar-refractivity contribution in [3.05, 3.63) is 29.8 Å². The minimum Gasteiger partial charge on any atom is -0.211 e. The third-order valence-corrected chi connectivity index (χ3v) is 5.47. The van der Waals surface area contributed by atoms with Gasteiger partial charge in [-0.1, -0.05) is 39.8 Å². The summed E-state index contributed by atoms with van der Waals surface area (Å²) in [4.78, 5) is 0.312. The fraction of sp³-hybridized carbons (Fsp3) is 0.625. The maximum absolute atomic E-state index is 12.3. The zero-order valence-corrected chi connectivity index (χ0v) is 14.8. The van der Waals surface area contributed by atoms with Crippen molar-refractivity contribution in [3.63, 3.8) is 0 Å². The molecule has 0 atom stereocenters. The van der Waals surface area contributed by atoms with Gasteiger partial charge in [-0.2, -0.15) is 0 Å². The predicted octanol–water partition coefficient (Wildman–Crippen LogP) is 3.67. The molecule has 21 heavy (non-hydrogen) atoms. The van der Waals surface area contributed by atoms with Crippen LogP contribution in [0, 0.1) is 17.8 Å². The van der Waals surface area contributed by atoms with Gasteiger partial charge in [-0.15, -0.1) is 11.6 Å². The normalized spacial score (nSPS) is 12.6. The van der Waals surface area contributed by atoms with Crippen molar-refractivity contribution in [2.45, 2.75) is 39.0 Å². The van der Waals surface area contributed by atoms with E-state index in [1.54, 1.807) is 12.1 Å². The van der Waals surface area contributed by atoms with Crippen LogP contribution in [0.5, 0.6) is 0 Å². The molecule has 1 aromatic rings. The van der Waals surface area contributed by atoms with Gasteiger partial charge >= 0.3 is 0 Å². The summed E-state index contributed by atoms with van der Waals surface area (Å²) in [7, 11) is -3.44. The Morgan fingerprint density at radius 2 is 1.57 bits per heavy atom. The summed E-state index contributed by atoms with van der Waals surface area (Å²) in [6.45, 7) is 8.97. The second-order valence-corrected chi connectivity index (χ2v) is 8.23. The Kier molecular flexibility index (Phi) is 7.17. The first-order chi connectivity index (χ1) is 9.77. The van der Waals surface area contributed by atoms with Crippen molar-refractivity contribution < 1.29 is 8.42 Å². The molecule has 5 heteroatoms. The number of aryl methyl sites for hydroxylation is 1. The third-order valence-electron chi connectivity index (χ3n) is 3.84. The fourth-order valence-electron chi connectivity index (χ4n) is 2.47. The molecule has 0 aromatic heterocycles. The summed E-state index contributed by atoms with van der Waals surface area (Å²) >= 11 is 5.68. The average Bonchev–Trinajstić information content (AvgIpc) is 2.39. The molecule has 0 unspecified atom stereocenters. The van der Waals surface area contributed by atoms with Crippen molar-refractivity contribution in [1.82, 2.24) is 4.72 Å². The zero-order chi connectivity index (χ0) is 16.0. The molecule has 0 aliphatic heterocycles. The maximum Gasteiger partial charge on any atom is 0.240 e. The van der Waals surface area contributed by atoms with Gasteiger partial charge in [0.05, 0.1) is 4.90 Å². The highest BCUT2D eigenvalue weighted by atomic mass is 35.5. The molecule has 1 aromatic carbocycles. The molecular formula is C16H26ClNO2S. The molecule has 0 saturated heterocycles. The lowest BCUT2D eigenvalue weighted by atomic mass is 9.86. The summed E-state index contributed by atoms with van der Waals surface area (Å²) in [5, 5.41) is 0. The van der Waals surface area contributed by atoms with Gasteiger partial charge in [0, 0.05) is 12.4 Å². The SMILES string of the molecule is CC(C)C(CNS(=O)(=O)c1ccc(CCCl)cc1)C(C)C. The second-order valence-electron chi connectivity index (χ2n) is 6.09. The standard InChI is InChI=1S/C16H26ClNO2S/c1-12(2)16(13(3)4)11-18-21(19,20)15-7-5-14(6-8-15)9-10-17/h5-8,12-13,16,18H,9-11H2,1-4H3. The summed E-state index contributed by atoms with van der Waals surface area (Å²) < 4.78 is 27.4. The Hall–Kier alpha value is -0.580. The lowest BCUT2D eigenvalue weighted by Crippen LogP contribution is -2.33. The molecule has 1 N–H and O–H groups in total. The van der Waals surface area contributed by atoms with Gasteiger partial charge in [-0.3, -0.25) is 0 Å². The Morgan fingerprint density at radius 3 is 2.00 bits per heavy atom. The van der Waals surface area contributed by atoms with Gasteiger partial charge in [0.2, 0.25) is 10.0 Å². The smallest absolute Gasteiger partial charge is 0.211 e. The first kappa shape index (κ1) is 18.5. The van der Waals surface area contributed by atoms with Gasteiger partial charge in [0.25, 0.3) is 0 Å². The molecule has 0 heterocycles. The number of sulfonamides is 1. The van der Waals surface area contributed by atoms with Crippen LogP contribution in [0.2, 0.25) is 0 Å². The maximum atomic E-state index is 12.3. The van der Waals surface area contributed by atoms with E-state index in [2.05, 4.69) is 32.4 Å². The first-order valence-corrected chi connectivity index (χ1v) is 9.44. The predicted molar refractivity (Wildman–Crippen MR) is 89.2 cm³/mol. The lowest BCUT2D eigenvalue weighted by molar-refractivity contribution is 0.289. The van der Waals surface area contributed by atoms with Crippen LogP contribution in [-0.4, -0.2) is 20.8 Å². The molecule has 0 bridgehead atoms. The van der Waals surface area contributed by atoms with Crippen LogP contribution >= 0.6 is 11.6 Å². The number of alkyl halides is 1. The lowest BCUT2D eigenvalue weighted by Gasteiger charge is -2.25. The van der Waals surface area contributed by atoms with Crippen molar-refractivity contribution >= 4 is 21.6 Å². The molecule has 3 nitrogen and oxygen atoms in total. The van der Waals surface area contributed by atoms with Crippen LogP contribution in [0.4, 0.5) is 0 Å². The topological polar surface area (TPSA) is 46.2 Å². The van der Waals surface area contributed by atoms with E-state index in [4.69, 9.17) is 11.6 Å². The van der Waals surface area contributed by atoms with Gasteiger partial charge in [-0.05, 0) is 41.9 Å². The van der Waals surface area contributed by atoms with Gasteiger partial charge in [0.15, 0.2) is 0 Å². The molecular weight excluding hydrogens is 306 g/mol. The van der Waals surface area contributed by atoms with Crippen LogP contribution in [-0.2, 0) is 16.4 Å². The van der Waals surface area contributed by atoms with E-state index in [9.17, 15) is 8.42 Å². The summed E-state index contributed by atoms with van der Waals surface area (Å²) in [5.74, 6) is 1.75. The fourth-order valence-corrected chi connectivity index (χ4v) is 3.77. The molecule has 0 radical (unpaired) electrons. The molecule has 120 valence electrons. The van der Waals surface area contributed by atoms with Crippen molar-refractivity contribution in [3.8, 4) is 0 Å². The molecule has 0 aliphatic rings. The van der Waals surface area contributed by atoms with Crippen LogP contribution in [0.15, 0.2) is 29.2 Å². The number of benzene rings is 1. The third kappa shape index (κ3) is 5.61. The first-order valence-electron chi connectivity index (χ1n) is 7.42. The molecule has 0 amide bonds. The van der Waals surface area contributed by atoms with E-state index in [1.807, 2.05) is 12.1 Å². The number of nitrogens with one attached hydrogen (secondary N) is 1. The second kappa shape index (κ2) is 8.16. The monoisotopic (exact) mass is 331 g/mol. The van der Waals surface area contributed by atoms with E-state index < -0.39 is 10.0 Å². The average molecular weight is 332 g/mol. The van der Waals surface area contributed by atoms with Crippen LogP contribution in [0.25, 0.3) is 0 Å². The minimum absolute atomic E-state index is 0.312. The van der Waals surface area contributed by atoms with E-state index in [0.29, 0.717) is 35.1 Å². The number of rotatable bonds is 8. The molecule has 0 fully saturated rings. The number of hydrogen-bond acceptors (Lipinski definition) is 2. The molecule has 0 saturated carbocycles.